The average molecular weight is 496 g/mol. The zero-order valence-corrected chi connectivity index (χ0v) is 19.9. The predicted octanol–water partition coefficient (Wildman–Crippen LogP) is 4.36. The Morgan fingerprint density at radius 1 is 1.06 bits per heavy atom. The van der Waals surface area contributed by atoms with Crippen molar-refractivity contribution in [2.24, 2.45) is 0 Å². The van der Waals surface area contributed by atoms with Gasteiger partial charge in [-0.2, -0.15) is 23.3 Å². The summed E-state index contributed by atoms with van der Waals surface area (Å²) >= 11 is 0. The van der Waals surface area contributed by atoms with Crippen molar-refractivity contribution in [1.29, 1.82) is 0 Å². The molecule has 1 saturated carbocycles. The van der Waals surface area contributed by atoms with Crippen molar-refractivity contribution >= 4 is 5.95 Å². The van der Waals surface area contributed by atoms with Crippen molar-refractivity contribution in [2.75, 3.05) is 19.1 Å². The van der Waals surface area contributed by atoms with E-state index in [1.165, 1.54) is 17.3 Å². The molecule has 3 heterocycles. The first kappa shape index (κ1) is 23.6. The van der Waals surface area contributed by atoms with Gasteiger partial charge in [0.1, 0.15) is 18.2 Å². The zero-order chi connectivity index (χ0) is 25.4. The van der Waals surface area contributed by atoms with Crippen LogP contribution in [-0.4, -0.2) is 48.9 Å². The lowest BCUT2D eigenvalue weighted by Gasteiger charge is -2.18. The van der Waals surface area contributed by atoms with Gasteiger partial charge >= 0.3 is 6.18 Å². The Hall–Kier alpha value is -4.09. The molecule has 0 aliphatic heterocycles. The first-order valence-electron chi connectivity index (χ1n) is 11.3. The Kier molecular flexibility index (Phi) is 6.02. The van der Waals surface area contributed by atoms with Crippen LogP contribution in [0.1, 0.15) is 41.4 Å². The molecule has 1 aliphatic carbocycles. The van der Waals surface area contributed by atoms with Gasteiger partial charge in [-0.1, -0.05) is 12.1 Å². The molecular formula is C24H23F3N8O. The Morgan fingerprint density at radius 3 is 2.42 bits per heavy atom. The van der Waals surface area contributed by atoms with E-state index in [1.807, 2.05) is 24.1 Å². The van der Waals surface area contributed by atoms with Crippen molar-refractivity contribution in [3.63, 3.8) is 0 Å². The summed E-state index contributed by atoms with van der Waals surface area (Å²) in [5, 5.41) is 3.70. The highest BCUT2D eigenvalue weighted by molar-refractivity contribution is 5.66. The van der Waals surface area contributed by atoms with Gasteiger partial charge < -0.3 is 9.64 Å². The maximum absolute atomic E-state index is 13.0. The molecule has 9 nitrogen and oxygen atoms in total. The predicted molar refractivity (Wildman–Crippen MR) is 125 cm³/mol. The van der Waals surface area contributed by atoms with Gasteiger partial charge in [-0.3, -0.25) is 0 Å². The van der Waals surface area contributed by atoms with Crippen molar-refractivity contribution < 1.29 is 17.9 Å². The molecule has 0 saturated heterocycles. The van der Waals surface area contributed by atoms with Crippen LogP contribution in [0.4, 0.5) is 19.1 Å². The number of ether oxygens (including phenoxy) is 1. The molecule has 0 unspecified atom stereocenters. The number of aromatic nitrogens is 7. The molecule has 5 rings (SSSR count). The Morgan fingerprint density at radius 2 is 1.78 bits per heavy atom. The molecule has 3 aromatic heterocycles. The quantitative estimate of drug-likeness (QED) is 0.373. The van der Waals surface area contributed by atoms with Gasteiger partial charge in [0.15, 0.2) is 11.5 Å². The van der Waals surface area contributed by atoms with Crippen molar-refractivity contribution in [3.8, 4) is 23.0 Å². The van der Waals surface area contributed by atoms with Crippen LogP contribution in [0.2, 0.25) is 0 Å². The van der Waals surface area contributed by atoms with Crippen molar-refractivity contribution in [3.05, 3.63) is 65.6 Å². The lowest BCUT2D eigenvalue weighted by atomic mass is 10.1. The minimum absolute atomic E-state index is 0.346. The number of rotatable bonds is 7. The van der Waals surface area contributed by atoms with E-state index in [9.17, 15) is 13.2 Å². The van der Waals surface area contributed by atoms with Crippen LogP contribution in [-0.2, 0) is 12.7 Å². The van der Waals surface area contributed by atoms with Gasteiger partial charge in [0.25, 0.3) is 0 Å². The van der Waals surface area contributed by atoms with Gasteiger partial charge in [0, 0.05) is 25.2 Å². The van der Waals surface area contributed by atoms with Gasteiger partial charge in [-0.05, 0) is 43.5 Å². The number of anilines is 1. The molecule has 1 aliphatic rings. The minimum atomic E-state index is -4.49. The third-order valence-corrected chi connectivity index (χ3v) is 5.90. The van der Waals surface area contributed by atoms with Crippen molar-refractivity contribution in [1.82, 2.24) is 34.7 Å². The van der Waals surface area contributed by atoms with Crippen LogP contribution in [0, 0.1) is 6.92 Å². The number of aryl methyl sites for hydroxylation is 1. The fourth-order valence-corrected chi connectivity index (χ4v) is 3.97. The van der Waals surface area contributed by atoms with Gasteiger partial charge in [-0.15, -0.1) is 0 Å². The van der Waals surface area contributed by atoms with E-state index in [2.05, 4.69) is 30.0 Å². The molecule has 1 aromatic carbocycles. The van der Waals surface area contributed by atoms with E-state index in [1.54, 1.807) is 26.2 Å². The lowest BCUT2D eigenvalue weighted by molar-refractivity contribution is -0.141. The number of alkyl halides is 3. The van der Waals surface area contributed by atoms with E-state index in [0.29, 0.717) is 47.1 Å². The van der Waals surface area contributed by atoms with Crippen LogP contribution in [0.15, 0.2) is 43.0 Å². The van der Waals surface area contributed by atoms with Crippen LogP contribution in [0.3, 0.4) is 0 Å². The fourth-order valence-electron chi connectivity index (χ4n) is 3.97. The number of methoxy groups -OCH3 is 1. The number of nitrogens with zero attached hydrogens (tertiary/aromatic N) is 8. The summed E-state index contributed by atoms with van der Waals surface area (Å²) in [6.45, 7) is 2.05. The summed E-state index contributed by atoms with van der Waals surface area (Å²) in [6, 6.07) is 8.16. The highest BCUT2D eigenvalue weighted by Gasteiger charge is 2.34. The maximum atomic E-state index is 13.0. The smallest absolute Gasteiger partial charge is 0.435 e. The van der Waals surface area contributed by atoms with E-state index in [-0.39, 0.29) is 0 Å². The van der Waals surface area contributed by atoms with E-state index < -0.39 is 11.9 Å². The highest BCUT2D eigenvalue weighted by Crippen LogP contribution is 2.44. The molecule has 4 aromatic rings. The molecule has 0 bridgehead atoms. The number of hydrogen-bond acceptors (Lipinski definition) is 8. The van der Waals surface area contributed by atoms with Crippen LogP contribution >= 0.6 is 0 Å². The van der Waals surface area contributed by atoms with Gasteiger partial charge in [0.05, 0.1) is 18.5 Å². The Balaban J connectivity index is 1.36. The van der Waals surface area contributed by atoms with E-state index in [4.69, 9.17) is 4.74 Å². The van der Waals surface area contributed by atoms with Crippen molar-refractivity contribution in [2.45, 2.75) is 38.4 Å². The summed E-state index contributed by atoms with van der Waals surface area (Å²) in [6.07, 6.45) is 0.548. The second-order valence-corrected chi connectivity index (χ2v) is 8.63. The molecule has 0 spiro atoms. The summed E-state index contributed by atoms with van der Waals surface area (Å²) in [5.41, 5.74) is 2.50. The Bertz CT molecular complexity index is 1380. The minimum Gasteiger partial charge on any atom is -0.480 e. The first-order valence-corrected chi connectivity index (χ1v) is 11.3. The second-order valence-electron chi connectivity index (χ2n) is 8.63. The molecule has 12 heteroatoms. The van der Waals surface area contributed by atoms with Crippen LogP contribution < -0.4 is 9.64 Å². The van der Waals surface area contributed by atoms with E-state index in [0.717, 1.165) is 30.2 Å². The summed E-state index contributed by atoms with van der Waals surface area (Å²) in [4.78, 5) is 23.8. The Labute approximate surface area is 205 Å². The SMILES string of the molecule is COc1ncnc(C2CC2)c1-c1ncnc(N(C)Cc2ccc(-n3nc(C(F)(F)F)cc3C)cc2)n1. The van der Waals surface area contributed by atoms with Gasteiger partial charge in [-0.25, -0.2) is 24.6 Å². The molecule has 0 radical (unpaired) electrons. The molecule has 1 fully saturated rings. The largest absolute Gasteiger partial charge is 0.480 e. The van der Waals surface area contributed by atoms with E-state index >= 15 is 0 Å². The number of hydrogen-bond donors (Lipinski definition) is 0. The number of benzene rings is 1. The summed E-state index contributed by atoms with van der Waals surface area (Å²) in [7, 11) is 3.40. The number of halogens is 3. The summed E-state index contributed by atoms with van der Waals surface area (Å²) in [5.74, 6) is 1.66. The second kappa shape index (κ2) is 9.17. The third-order valence-electron chi connectivity index (χ3n) is 5.90. The zero-order valence-electron chi connectivity index (χ0n) is 19.9. The van der Waals surface area contributed by atoms with Crippen LogP contribution in [0.25, 0.3) is 17.1 Å². The van der Waals surface area contributed by atoms with Gasteiger partial charge in [0.2, 0.25) is 11.8 Å². The first-order chi connectivity index (χ1) is 17.2. The molecule has 0 N–H and O–H groups in total. The topological polar surface area (TPSA) is 94.7 Å². The highest BCUT2D eigenvalue weighted by atomic mass is 19.4. The third kappa shape index (κ3) is 4.70. The molecule has 186 valence electrons. The monoisotopic (exact) mass is 496 g/mol. The summed E-state index contributed by atoms with van der Waals surface area (Å²) < 4.78 is 45.7. The normalized spacial score (nSPS) is 13.6. The molecule has 36 heavy (non-hydrogen) atoms. The fraction of sp³-hybridized carbons (Fsp3) is 0.333. The molecular weight excluding hydrogens is 473 g/mol. The lowest BCUT2D eigenvalue weighted by Crippen LogP contribution is -2.19. The maximum Gasteiger partial charge on any atom is 0.435 e. The van der Waals surface area contributed by atoms with Crippen LogP contribution in [0.5, 0.6) is 5.88 Å². The molecule has 0 amide bonds. The standard InChI is InChI=1S/C24H23F3N8O/c1-14-10-18(24(25,26)27)33-35(14)17-8-4-15(5-9-17)11-34(2)23-31-13-29-21(32-23)19-20(16-6-7-16)28-12-30-22(19)36-3/h4-5,8-10,12-13,16H,6-7,11H2,1-3H3. The molecule has 0 atom stereocenters. The average Bonchev–Trinajstić information content (AvgIpc) is 3.64.